The second-order valence-electron chi connectivity index (χ2n) is 28.6. The Morgan fingerprint density at radius 2 is 0.971 bits per heavy atom. The number of alkyl halides is 1. The molecule has 3 aliphatic rings. The fourth-order valence-corrected chi connectivity index (χ4v) is 12.9. The van der Waals surface area contributed by atoms with Crippen molar-refractivity contribution in [3.8, 4) is 0 Å². The predicted molar refractivity (Wildman–Crippen MR) is 391 cm³/mol. The molecule has 19 N–H and O–H groups in total. The van der Waals surface area contributed by atoms with Crippen LogP contribution in [0, 0.1) is 28.6 Å². The Morgan fingerprint density at radius 1 is 0.538 bits per heavy atom. The van der Waals surface area contributed by atoms with Crippen LogP contribution in [-0.2, 0) is 71.9 Å². The van der Waals surface area contributed by atoms with Crippen LogP contribution in [0.3, 0.4) is 0 Å². The lowest BCUT2D eigenvalue weighted by Crippen LogP contribution is -2.64. The largest absolute Gasteiger partial charge is 0.480 e. The van der Waals surface area contributed by atoms with Crippen molar-refractivity contribution in [3.05, 3.63) is 0 Å². The first-order chi connectivity index (χ1) is 48.6. The fraction of sp³-hybridized carbons (Fsp3) is 0.758. The van der Waals surface area contributed by atoms with Crippen molar-refractivity contribution in [2.45, 2.75) is 243 Å². The van der Waals surface area contributed by atoms with Crippen molar-refractivity contribution >= 4 is 136 Å². The molecule has 38 heteroatoms. The zero-order valence-electron chi connectivity index (χ0n) is 61.3. The van der Waals surface area contributed by atoms with Gasteiger partial charge in [0, 0.05) is 36.7 Å². The number of hydrogen-bond acceptors (Lipinski definition) is 20. The van der Waals surface area contributed by atoms with Gasteiger partial charge in [-0.2, -0.15) is 25.3 Å². The number of guanidine groups is 1. The first-order valence-electron chi connectivity index (χ1n) is 35.3. The van der Waals surface area contributed by atoms with Gasteiger partial charge in [-0.15, -0.1) is 0 Å². The van der Waals surface area contributed by atoms with Gasteiger partial charge >= 0.3 is 5.97 Å². The molecule has 0 aromatic carbocycles. The van der Waals surface area contributed by atoms with Crippen LogP contribution in [0.2, 0.25) is 0 Å². The number of nitrogens with one attached hydrogen (secondary N) is 12. The topological polar surface area (TPSA) is 535 Å². The van der Waals surface area contributed by atoms with Gasteiger partial charge in [-0.3, -0.25) is 72.5 Å². The predicted octanol–water partition coefficient (Wildman–Crippen LogP) is -3.38. The lowest BCUT2D eigenvalue weighted by atomic mass is 9.87. The highest BCUT2D eigenvalue weighted by Crippen LogP contribution is 2.30. The third-order valence-corrected chi connectivity index (χ3v) is 19.9. The highest BCUT2D eigenvalue weighted by Gasteiger charge is 2.48. The van der Waals surface area contributed by atoms with Crippen molar-refractivity contribution in [3.63, 3.8) is 0 Å². The molecule has 0 aliphatic carbocycles. The molecule has 16 atom stereocenters. The number of aliphatic hydroxyl groups is 2. The van der Waals surface area contributed by atoms with E-state index >= 15 is 0 Å². The van der Waals surface area contributed by atoms with Crippen LogP contribution in [0.5, 0.6) is 0 Å². The standard InChI is InChI=1S/C66H112BrN17O18S2/c1-12-33(4)47(78-46(88)29-67)57(95)77-41(32-103)54(92)76-39(30-85)52(90)72-36(19-15-23-71-64(69)70)51(89)75-40(31-86)53(91)74-38(28-65(7,8)9)60(98)84-26-18-22-44(84)61(99)82-24-16-21-43(82)56(94)79-48(34(5)13-2)58(96)81-50(66(10,11)104)59(97)80-49(35(6)14-3)62(100)83-25-17-20-42(83)55(93)73-37(63(101)102)27-45(68)87/h33-44,47-50,85-86,103-104H,12-32H2,1-11H3,(H2,68,87)(H,72,90)(H,73,93)(H,74,91)(H,75,89)(H,76,92)(H,77,95)(H,78,88)(H,79,94)(H,80,97)(H,81,96)(H,101,102)(H4,69,70,71)/t33-,34-,35-,36-,37-,38-,39-,40-,41-,42-,43-,44-,47-,48-,49-,50+/m0/s1. The van der Waals surface area contributed by atoms with E-state index in [1.807, 2.05) is 0 Å². The molecule has 3 rings (SSSR count). The number of hydrogen-bond donors (Lipinski definition) is 19. The van der Waals surface area contributed by atoms with Gasteiger partial charge in [0.15, 0.2) is 5.96 Å². The molecule has 0 saturated carbocycles. The Bertz CT molecular complexity index is 3070. The van der Waals surface area contributed by atoms with E-state index in [-0.39, 0.29) is 81.7 Å². The summed E-state index contributed by atoms with van der Waals surface area (Å²) in [4.78, 5) is 210. The third kappa shape index (κ3) is 27.1. The summed E-state index contributed by atoms with van der Waals surface area (Å²) in [6.07, 6.45) is 1.81. The lowest BCUT2D eigenvalue weighted by Gasteiger charge is -2.36. The molecule has 3 aliphatic heterocycles. The molecule has 0 bridgehead atoms. The molecule has 0 unspecified atom stereocenters. The van der Waals surface area contributed by atoms with Gasteiger partial charge in [-0.05, 0) is 94.8 Å². The number of carboxylic acids is 1. The average Bonchev–Trinajstić information content (AvgIpc) is 1.57. The number of aliphatic hydroxyl groups excluding tert-OH is 2. The van der Waals surface area contributed by atoms with Crippen LogP contribution in [-0.4, -0.2) is 258 Å². The van der Waals surface area contributed by atoms with Crippen LogP contribution in [0.1, 0.15) is 160 Å². The summed E-state index contributed by atoms with van der Waals surface area (Å²) in [6, 6.07) is -18.0. The smallest absolute Gasteiger partial charge is 0.326 e. The molecule has 3 fully saturated rings. The summed E-state index contributed by atoms with van der Waals surface area (Å²) in [6.45, 7) is 17.1. The van der Waals surface area contributed by atoms with Crippen LogP contribution >= 0.6 is 41.2 Å². The molecule has 588 valence electrons. The summed E-state index contributed by atoms with van der Waals surface area (Å²) >= 11 is 11.9. The molecular formula is C66H112BrN17O18S2. The Kier molecular flexibility index (Phi) is 37.1. The van der Waals surface area contributed by atoms with Gasteiger partial charge in [0.1, 0.15) is 78.5 Å². The molecule has 35 nitrogen and oxygen atoms in total. The van der Waals surface area contributed by atoms with Gasteiger partial charge in [-0.1, -0.05) is 97.5 Å². The number of aliphatic carboxylic acids is 1. The highest BCUT2D eigenvalue weighted by molar-refractivity contribution is 9.09. The third-order valence-electron chi connectivity index (χ3n) is 18.8. The number of carbonyl (C=O) groups is 15. The molecule has 0 aromatic heterocycles. The van der Waals surface area contributed by atoms with E-state index in [1.165, 1.54) is 14.7 Å². The van der Waals surface area contributed by atoms with Crippen LogP contribution in [0.25, 0.3) is 0 Å². The number of halogens is 1. The maximum Gasteiger partial charge on any atom is 0.326 e. The van der Waals surface area contributed by atoms with E-state index < -0.39 is 215 Å². The number of carbonyl (C=O) groups excluding carboxylic acids is 14. The number of nitrogens with two attached hydrogens (primary N) is 2. The van der Waals surface area contributed by atoms with Crippen LogP contribution < -0.4 is 70.0 Å². The van der Waals surface area contributed by atoms with Crippen molar-refractivity contribution in [1.82, 2.24) is 73.2 Å². The zero-order valence-corrected chi connectivity index (χ0v) is 64.7. The average molecular weight is 1580 g/mol. The van der Waals surface area contributed by atoms with Crippen LogP contribution in [0.4, 0.5) is 0 Å². The van der Waals surface area contributed by atoms with Gasteiger partial charge in [0.25, 0.3) is 0 Å². The molecule has 14 amide bonds. The second-order valence-corrected chi connectivity index (χ2v) is 30.7. The number of nitrogens with zero attached hydrogens (tertiary/aromatic N) is 3. The van der Waals surface area contributed by atoms with E-state index in [2.05, 4.69) is 99.7 Å². The molecular weight excluding hydrogens is 1460 g/mol. The summed E-state index contributed by atoms with van der Waals surface area (Å²) in [5.74, 6) is -15.1. The first-order valence-corrected chi connectivity index (χ1v) is 37.5. The van der Waals surface area contributed by atoms with Gasteiger partial charge in [0.05, 0.1) is 25.0 Å². The van der Waals surface area contributed by atoms with E-state index in [0.717, 1.165) is 0 Å². The molecule has 3 heterocycles. The Labute approximate surface area is 626 Å². The summed E-state index contributed by atoms with van der Waals surface area (Å²) in [5.41, 5.74) is 9.97. The highest BCUT2D eigenvalue weighted by atomic mass is 79.9. The molecule has 0 aromatic rings. The summed E-state index contributed by atoms with van der Waals surface area (Å²) in [5, 5.41) is 66.2. The number of thiol groups is 2. The Hall–Kier alpha value is -7.58. The summed E-state index contributed by atoms with van der Waals surface area (Å²) < 4.78 is -1.32. The minimum Gasteiger partial charge on any atom is -0.480 e. The molecule has 104 heavy (non-hydrogen) atoms. The van der Waals surface area contributed by atoms with Crippen molar-refractivity contribution in [2.24, 2.45) is 34.6 Å². The van der Waals surface area contributed by atoms with E-state index in [4.69, 9.17) is 16.9 Å². The van der Waals surface area contributed by atoms with Gasteiger partial charge < -0.3 is 100.0 Å². The Balaban J connectivity index is 1.85. The number of primary amides is 1. The SMILES string of the molecule is CC[C@H](C)[C@H](NC(=O)CBr)C(=O)N[C@@H](CS)C(=O)N[C@@H](CO)C(=O)N[C@@H](CCCNC(=N)N)C(=O)N[C@@H](CO)C(=O)N[C@@H](CC(C)(C)C)C(=O)N1CCC[C@H]1C(=O)N1CCC[C@H]1C(=O)N[C@H](C(=O)N[C@H](C(=O)N[C@H](C(=O)N1CCC[C@H]1C(=O)N[C@@H](CC(N)=O)C(=O)O)[C@@H](C)CC)C(C)(C)S)[C@@H](C)CC. The first kappa shape index (κ1) is 90.6. The molecule has 0 radical (unpaired) electrons. The minimum absolute atomic E-state index is 0.0170. The maximum atomic E-state index is 14.9. The monoisotopic (exact) mass is 1570 g/mol. The normalized spacial score (nSPS) is 19.7. The Morgan fingerprint density at radius 3 is 1.44 bits per heavy atom. The second kappa shape index (κ2) is 42.5. The number of amides is 14. The quantitative estimate of drug-likeness (QED) is 0.00934. The van der Waals surface area contributed by atoms with Crippen molar-refractivity contribution in [1.29, 1.82) is 5.41 Å². The van der Waals surface area contributed by atoms with Crippen molar-refractivity contribution in [2.75, 3.05) is 50.5 Å². The van der Waals surface area contributed by atoms with Crippen LogP contribution in [0.15, 0.2) is 0 Å². The molecule has 0 spiro atoms. The van der Waals surface area contributed by atoms with Gasteiger partial charge in [-0.25, -0.2) is 4.79 Å². The van der Waals surface area contributed by atoms with E-state index in [9.17, 15) is 87.2 Å². The van der Waals surface area contributed by atoms with E-state index in [1.54, 1.807) is 76.2 Å². The zero-order chi connectivity index (χ0) is 78.8. The van der Waals surface area contributed by atoms with Gasteiger partial charge in [0.2, 0.25) is 82.7 Å². The minimum atomic E-state index is -1.77. The number of likely N-dealkylation sites (tertiary alicyclic amines) is 3. The molecule has 3 saturated heterocycles. The number of carboxylic acid groups (broad SMARTS) is 1. The lowest BCUT2D eigenvalue weighted by molar-refractivity contribution is -0.148. The van der Waals surface area contributed by atoms with Crippen molar-refractivity contribution < 1.29 is 87.2 Å². The maximum absolute atomic E-state index is 14.9. The number of rotatable bonds is 41. The summed E-state index contributed by atoms with van der Waals surface area (Å²) in [7, 11) is 0. The van der Waals surface area contributed by atoms with E-state index in [0.29, 0.717) is 38.5 Å². The fourth-order valence-electron chi connectivity index (χ4n) is 12.3.